The van der Waals surface area contributed by atoms with E-state index in [1.165, 1.54) is 24.8 Å². The SMILES string of the molecule is COc1ccc(CCC2(N)CCC(C)C2)cc1. The molecule has 0 bridgehead atoms. The Balaban J connectivity index is 1.89. The Kier molecular flexibility index (Phi) is 3.72. The molecule has 2 rings (SSSR count). The van der Waals surface area contributed by atoms with Gasteiger partial charge in [0.25, 0.3) is 0 Å². The van der Waals surface area contributed by atoms with Gasteiger partial charge in [0, 0.05) is 5.54 Å². The zero-order valence-electron chi connectivity index (χ0n) is 10.9. The lowest BCUT2D eigenvalue weighted by atomic mass is 9.90. The fraction of sp³-hybridized carbons (Fsp3) is 0.600. The smallest absolute Gasteiger partial charge is 0.118 e. The molecule has 0 radical (unpaired) electrons. The Morgan fingerprint density at radius 2 is 2.06 bits per heavy atom. The summed E-state index contributed by atoms with van der Waals surface area (Å²) in [4.78, 5) is 0. The highest BCUT2D eigenvalue weighted by atomic mass is 16.5. The molecule has 0 spiro atoms. The van der Waals surface area contributed by atoms with Gasteiger partial charge in [-0.1, -0.05) is 19.1 Å². The van der Waals surface area contributed by atoms with Crippen LogP contribution in [0.2, 0.25) is 0 Å². The van der Waals surface area contributed by atoms with Crippen molar-refractivity contribution >= 4 is 0 Å². The Morgan fingerprint density at radius 1 is 1.35 bits per heavy atom. The molecule has 2 heteroatoms. The summed E-state index contributed by atoms with van der Waals surface area (Å²) in [5.41, 5.74) is 7.87. The van der Waals surface area contributed by atoms with E-state index in [0.29, 0.717) is 0 Å². The van der Waals surface area contributed by atoms with Crippen molar-refractivity contribution in [3.05, 3.63) is 29.8 Å². The number of rotatable bonds is 4. The summed E-state index contributed by atoms with van der Waals surface area (Å²) in [7, 11) is 1.70. The van der Waals surface area contributed by atoms with Gasteiger partial charge in [0.05, 0.1) is 7.11 Å². The summed E-state index contributed by atoms with van der Waals surface area (Å²) in [5.74, 6) is 1.72. The maximum atomic E-state index is 6.43. The summed E-state index contributed by atoms with van der Waals surface area (Å²) in [6, 6.07) is 8.33. The molecule has 2 atom stereocenters. The Labute approximate surface area is 104 Å². The molecule has 0 aromatic heterocycles. The molecule has 1 aromatic rings. The molecular weight excluding hydrogens is 210 g/mol. The molecule has 0 heterocycles. The van der Waals surface area contributed by atoms with E-state index in [-0.39, 0.29) is 5.54 Å². The second kappa shape index (κ2) is 5.09. The molecule has 1 fully saturated rings. The summed E-state index contributed by atoms with van der Waals surface area (Å²) >= 11 is 0. The average molecular weight is 233 g/mol. The lowest BCUT2D eigenvalue weighted by Crippen LogP contribution is -2.37. The van der Waals surface area contributed by atoms with Crippen LogP contribution in [0.4, 0.5) is 0 Å². The fourth-order valence-corrected chi connectivity index (χ4v) is 2.84. The van der Waals surface area contributed by atoms with Gasteiger partial charge in [-0.2, -0.15) is 0 Å². The highest BCUT2D eigenvalue weighted by Crippen LogP contribution is 2.35. The summed E-state index contributed by atoms with van der Waals surface area (Å²) in [6.07, 6.45) is 5.84. The van der Waals surface area contributed by atoms with Crippen LogP contribution in [0.25, 0.3) is 0 Å². The molecule has 1 saturated carbocycles. The molecule has 1 aliphatic rings. The van der Waals surface area contributed by atoms with Crippen LogP contribution in [0.3, 0.4) is 0 Å². The summed E-state index contributed by atoms with van der Waals surface area (Å²) in [5, 5.41) is 0. The first-order chi connectivity index (χ1) is 8.11. The lowest BCUT2D eigenvalue weighted by Gasteiger charge is -2.24. The minimum absolute atomic E-state index is 0.0827. The van der Waals surface area contributed by atoms with E-state index in [2.05, 4.69) is 19.1 Å². The average Bonchev–Trinajstić information content (AvgIpc) is 2.68. The van der Waals surface area contributed by atoms with Crippen molar-refractivity contribution in [3.8, 4) is 5.75 Å². The van der Waals surface area contributed by atoms with Crippen LogP contribution in [0, 0.1) is 5.92 Å². The number of aryl methyl sites for hydroxylation is 1. The van der Waals surface area contributed by atoms with E-state index in [1.807, 2.05) is 12.1 Å². The number of nitrogens with two attached hydrogens (primary N) is 1. The largest absolute Gasteiger partial charge is 0.497 e. The van der Waals surface area contributed by atoms with E-state index >= 15 is 0 Å². The highest BCUT2D eigenvalue weighted by Gasteiger charge is 2.32. The van der Waals surface area contributed by atoms with Gasteiger partial charge in [0.2, 0.25) is 0 Å². The van der Waals surface area contributed by atoms with E-state index in [9.17, 15) is 0 Å². The topological polar surface area (TPSA) is 35.2 Å². The van der Waals surface area contributed by atoms with Gasteiger partial charge in [-0.05, 0) is 55.7 Å². The molecule has 2 nitrogen and oxygen atoms in total. The fourth-order valence-electron chi connectivity index (χ4n) is 2.84. The second-order valence-electron chi connectivity index (χ2n) is 5.56. The van der Waals surface area contributed by atoms with Crippen LogP contribution in [-0.4, -0.2) is 12.6 Å². The van der Waals surface area contributed by atoms with Gasteiger partial charge < -0.3 is 10.5 Å². The van der Waals surface area contributed by atoms with E-state index in [0.717, 1.165) is 24.5 Å². The zero-order chi connectivity index (χ0) is 12.3. The molecule has 1 aliphatic carbocycles. The first-order valence-corrected chi connectivity index (χ1v) is 6.53. The quantitative estimate of drug-likeness (QED) is 0.867. The second-order valence-corrected chi connectivity index (χ2v) is 5.56. The van der Waals surface area contributed by atoms with Crippen molar-refractivity contribution in [1.29, 1.82) is 0 Å². The van der Waals surface area contributed by atoms with Crippen molar-refractivity contribution in [2.45, 2.75) is 44.6 Å². The maximum absolute atomic E-state index is 6.43. The number of hydrogen-bond acceptors (Lipinski definition) is 2. The Bertz CT molecular complexity index is 360. The lowest BCUT2D eigenvalue weighted by molar-refractivity contribution is 0.391. The molecule has 0 saturated heterocycles. The van der Waals surface area contributed by atoms with Crippen LogP contribution < -0.4 is 10.5 Å². The monoisotopic (exact) mass is 233 g/mol. The molecule has 2 unspecified atom stereocenters. The van der Waals surface area contributed by atoms with Crippen molar-refractivity contribution in [2.24, 2.45) is 11.7 Å². The molecular formula is C15H23NO. The molecule has 2 N–H and O–H groups in total. The van der Waals surface area contributed by atoms with Crippen molar-refractivity contribution in [1.82, 2.24) is 0 Å². The van der Waals surface area contributed by atoms with Gasteiger partial charge in [0.15, 0.2) is 0 Å². The third-order valence-corrected chi connectivity index (χ3v) is 3.96. The summed E-state index contributed by atoms with van der Waals surface area (Å²) < 4.78 is 5.16. The van der Waals surface area contributed by atoms with Crippen LogP contribution in [-0.2, 0) is 6.42 Å². The van der Waals surface area contributed by atoms with Gasteiger partial charge in [-0.15, -0.1) is 0 Å². The minimum atomic E-state index is 0.0827. The predicted molar refractivity (Wildman–Crippen MR) is 71.2 cm³/mol. The number of benzene rings is 1. The van der Waals surface area contributed by atoms with Crippen molar-refractivity contribution < 1.29 is 4.74 Å². The van der Waals surface area contributed by atoms with Crippen molar-refractivity contribution in [3.63, 3.8) is 0 Å². The van der Waals surface area contributed by atoms with E-state index in [1.54, 1.807) is 7.11 Å². The first kappa shape index (κ1) is 12.4. The minimum Gasteiger partial charge on any atom is -0.497 e. The van der Waals surface area contributed by atoms with Gasteiger partial charge in [-0.3, -0.25) is 0 Å². The Morgan fingerprint density at radius 3 is 2.59 bits per heavy atom. The van der Waals surface area contributed by atoms with Gasteiger partial charge >= 0.3 is 0 Å². The normalized spacial score (nSPS) is 28.3. The molecule has 17 heavy (non-hydrogen) atoms. The summed E-state index contributed by atoms with van der Waals surface area (Å²) in [6.45, 7) is 2.31. The number of ether oxygens (including phenoxy) is 1. The molecule has 0 amide bonds. The number of hydrogen-bond donors (Lipinski definition) is 1. The van der Waals surface area contributed by atoms with E-state index in [4.69, 9.17) is 10.5 Å². The third kappa shape index (κ3) is 3.22. The van der Waals surface area contributed by atoms with Crippen LogP contribution in [0.1, 0.15) is 38.2 Å². The molecule has 94 valence electrons. The van der Waals surface area contributed by atoms with Crippen LogP contribution in [0.15, 0.2) is 24.3 Å². The van der Waals surface area contributed by atoms with Crippen molar-refractivity contribution in [2.75, 3.05) is 7.11 Å². The molecule has 0 aliphatic heterocycles. The van der Waals surface area contributed by atoms with Crippen LogP contribution >= 0.6 is 0 Å². The first-order valence-electron chi connectivity index (χ1n) is 6.53. The van der Waals surface area contributed by atoms with E-state index < -0.39 is 0 Å². The van der Waals surface area contributed by atoms with Crippen LogP contribution in [0.5, 0.6) is 5.75 Å². The third-order valence-electron chi connectivity index (χ3n) is 3.96. The zero-order valence-corrected chi connectivity index (χ0v) is 10.9. The number of methoxy groups -OCH3 is 1. The maximum Gasteiger partial charge on any atom is 0.118 e. The predicted octanol–water partition coefficient (Wildman–Crippen LogP) is 3.15. The van der Waals surface area contributed by atoms with Gasteiger partial charge in [0.1, 0.15) is 5.75 Å². The van der Waals surface area contributed by atoms with Gasteiger partial charge in [-0.25, -0.2) is 0 Å². The standard InChI is InChI=1S/C15H23NO/c1-12-7-9-15(16,11-12)10-8-13-3-5-14(17-2)6-4-13/h3-6,12H,7-11,16H2,1-2H3. The highest BCUT2D eigenvalue weighted by molar-refractivity contribution is 5.27. The Hall–Kier alpha value is -1.02. The molecule has 1 aromatic carbocycles.